The van der Waals surface area contributed by atoms with Crippen molar-refractivity contribution in [3.63, 3.8) is 0 Å². The third kappa shape index (κ3) is 4.77. The molecule has 1 heterocycles. The van der Waals surface area contributed by atoms with Crippen LogP contribution in [0.3, 0.4) is 0 Å². The first-order chi connectivity index (χ1) is 11.2. The van der Waals surface area contributed by atoms with Crippen molar-refractivity contribution in [3.05, 3.63) is 35.9 Å². The van der Waals surface area contributed by atoms with Gasteiger partial charge >= 0.3 is 0 Å². The van der Waals surface area contributed by atoms with Gasteiger partial charge in [0.25, 0.3) is 0 Å². The molecular formula is C19H31NO3. The van der Waals surface area contributed by atoms with Crippen LogP contribution in [0.1, 0.15) is 45.2 Å². The number of hydrogen-bond acceptors (Lipinski definition) is 4. The minimum absolute atomic E-state index is 0.145. The monoisotopic (exact) mass is 321 g/mol. The number of nitrogens with zero attached hydrogens (tertiary/aromatic N) is 1. The summed E-state index contributed by atoms with van der Waals surface area (Å²) in [4.78, 5) is 2.42. The summed E-state index contributed by atoms with van der Waals surface area (Å²) >= 11 is 0. The molecule has 1 saturated heterocycles. The lowest BCUT2D eigenvalue weighted by atomic mass is 9.88. The molecule has 1 fully saturated rings. The third-order valence-electron chi connectivity index (χ3n) is 4.84. The average Bonchev–Trinajstić information content (AvgIpc) is 2.61. The molecule has 4 heteroatoms. The Balaban J connectivity index is 2.03. The van der Waals surface area contributed by atoms with Gasteiger partial charge in [0.05, 0.1) is 6.61 Å². The molecule has 1 unspecified atom stereocenters. The third-order valence-corrected chi connectivity index (χ3v) is 4.84. The molecule has 1 aliphatic rings. The van der Waals surface area contributed by atoms with Crippen molar-refractivity contribution in [1.29, 1.82) is 0 Å². The second-order valence-electron chi connectivity index (χ2n) is 6.22. The van der Waals surface area contributed by atoms with E-state index in [2.05, 4.69) is 36.1 Å². The van der Waals surface area contributed by atoms with Crippen LogP contribution in [0.15, 0.2) is 30.3 Å². The molecule has 0 aliphatic carbocycles. The highest BCUT2D eigenvalue weighted by molar-refractivity contribution is 5.18. The number of aliphatic hydroxyl groups is 1. The lowest BCUT2D eigenvalue weighted by Gasteiger charge is -2.43. The predicted octanol–water partition coefficient (Wildman–Crippen LogP) is 3.22. The van der Waals surface area contributed by atoms with Crippen LogP contribution in [-0.4, -0.2) is 48.7 Å². The minimum Gasteiger partial charge on any atom is -0.395 e. The Morgan fingerprint density at radius 1 is 1.17 bits per heavy atom. The van der Waals surface area contributed by atoms with Gasteiger partial charge in [0.2, 0.25) is 0 Å². The molecule has 4 nitrogen and oxygen atoms in total. The lowest BCUT2D eigenvalue weighted by molar-refractivity contribution is -0.181. The Morgan fingerprint density at radius 2 is 1.83 bits per heavy atom. The molecule has 23 heavy (non-hydrogen) atoms. The number of ether oxygens (including phenoxy) is 2. The van der Waals surface area contributed by atoms with Gasteiger partial charge < -0.3 is 14.6 Å². The molecule has 130 valence electrons. The van der Waals surface area contributed by atoms with Crippen molar-refractivity contribution < 1.29 is 14.6 Å². The van der Waals surface area contributed by atoms with Gasteiger partial charge in [-0.1, -0.05) is 30.3 Å². The van der Waals surface area contributed by atoms with Gasteiger partial charge in [-0.3, -0.25) is 4.90 Å². The van der Waals surface area contributed by atoms with Crippen molar-refractivity contribution in [3.8, 4) is 0 Å². The van der Waals surface area contributed by atoms with Gasteiger partial charge in [-0.15, -0.1) is 0 Å². The number of likely N-dealkylation sites (tertiary alicyclic amines) is 1. The fourth-order valence-corrected chi connectivity index (χ4v) is 3.61. The maximum absolute atomic E-state index is 9.89. The van der Waals surface area contributed by atoms with Crippen molar-refractivity contribution in [2.45, 2.75) is 52.0 Å². The highest BCUT2D eigenvalue weighted by atomic mass is 16.7. The highest BCUT2D eigenvalue weighted by Crippen LogP contribution is 2.33. The molecular weight excluding hydrogens is 290 g/mol. The Labute approximate surface area is 140 Å². The van der Waals surface area contributed by atoms with Gasteiger partial charge in [-0.2, -0.15) is 0 Å². The largest absolute Gasteiger partial charge is 0.395 e. The van der Waals surface area contributed by atoms with Gasteiger partial charge in [0.15, 0.2) is 6.29 Å². The molecule has 0 aromatic heterocycles. The van der Waals surface area contributed by atoms with Crippen molar-refractivity contribution >= 4 is 0 Å². The molecule has 2 rings (SSSR count). The molecule has 0 spiro atoms. The van der Waals surface area contributed by atoms with Gasteiger partial charge in [0.1, 0.15) is 0 Å². The van der Waals surface area contributed by atoms with E-state index in [9.17, 15) is 5.11 Å². The van der Waals surface area contributed by atoms with Crippen LogP contribution in [0, 0.1) is 5.92 Å². The minimum atomic E-state index is -0.145. The second kappa shape index (κ2) is 9.38. The van der Waals surface area contributed by atoms with Crippen LogP contribution in [-0.2, 0) is 9.47 Å². The van der Waals surface area contributed by atoms with Crippen LogP contribution >= 0.6 is 0 Å². The predicted molar refractivity (Wildman–Crippen MR) is 92.2 cm³/mol. The van der Waals surface area contributed by atoms with Crippen molar-refractivity contribution in [2.75, 3.05) is 26.4 Å². The molecule has 0 bridgehead atoms. The van der Waals surface area contributed by atoms with E-state index >= 15 is 0 Å². The van der Waals surface area contributed by atoms with Gasteiger partial charge in [-0.25, -0.2) is 0 Å². The number of hydrogen-bond donors (Lipinski definition) is 1. The SMILES string of the molecule is CCOC(OCC)C1CCN([C@@H](C)c2ccccc2)[C@@H](CO)C1. The Hall–Kier alpha value is -0.940. The van der Waals surface area contributed by atoms with Crippen LogP contribution < -0.4 is 0 Å². The Morgan fingerprint density at radius 3 is 2.39 bits per heavy atom. The van der Waals surface area contributed by atoms with Crippen LogP contribution in [0.2, 0.25) is 0 Å². The molecule has 0 saturated carbocycles. The first kappa shape index (κ1) is 18.4. The number of piperidine rings is 1. The van der Waals surface area contributed by atoms with E-state index in [-0.39, 0.29) is 18.9 Å². The summed E-state index contributed by atoms with van der Waals surface area (Å²) in [5.41, 5.74) is 1.30. The second-order valence-corrected chi connectivity index (χ2v) is 6.22. The average molecular weight is 321 g/mol. The van der Waals surface area contributed by atoms with E-state index in [0.717, 1.165) is 19.4 Å². The quantitative estimate of drug-likeness (QED) is 0.747. The number of rotatable bonds is 8. The summed E-state index contributed by atoms with van der Waals surface area (Å²) in [5.74, 6) is 0.353. The van der Waals surface area contributed by atoms with E-state index in [1.807, 2.05) is 19.9 Å². The van der Waals surface area contributed by atoms with Crippen LogP contribution in [0.5, 0.6) is 0 Å². The highest BCUT2D eigenvalue weighted by Gasteiger charge is 2.35. The smallest absolute Gasteiger partial charge is 0.160 e. The summed E-state index contributed by atoms with van der Waals surface area (Å²) in [5, 5.41) is 9.89. The molecule has 1 aromatic carbocycles. The summed E-state index contributed by atoms with van der Waals surface area (Å²) < 4.78 is 11.5. The molecule has 1 N–H and O–H groups in total. The van der Waals surface area contributed by atoms with Crippen molar-refractivity contribution in [1.82, 2.24) is 4.90 Å². The molecule has 0 radical (unpaired) electrons. The Kier molecular flexibility index (Phi) is 7.50. The summed E-state index contributed by atoms with van der Waals surface area (Å²) in [6.45, 7) is 8.69. The summed E-state index contributed by atoms with van der Waals surface area (Å²) in [6.07, 6.45) is 1.81. The van der Waals surface area contributed by atoms with Gasteiger partial charge in [0, 0.05) is 31.2 Å². The van der Waals surface area contributed by atoms with E-state index < -0.39 is 0 Å². The number of aliphatic hydroxyl groups excluding tert-OH is 1. The van der Waals surface area contributed by atoms with E-state index in [0.29, 0.717) is 25.2 Å². The van der Waals surface area contributed by atoms with Crippen molar-refractivity contribution in [2.24, 2.45) is 5.92 Å². The molecule has 1 aromatic rings. The summed E-state index contributed by atoms with van der Waals surface area (Å²) in [6, 6.07) is 11.0. The fourth-order valence-electron chi connectivity index (χ4n) is 3.61. The molecule has 3 atom stereocenters. The Bertz CT molecular complexity index is 434. The maximum atomic E-state index is 9.89. The van der Waals surface area contributed by atoms with E-state index in [1.165, 1.54) is 5.56 Å². The first-order valence-corrected chi connectivity index (χ1v) is 8.85. The van der Waals surface area contributed by atoms with Crippen LogP contribution in [0.25, 0.3) is 0 Å². The first-order valence-electron chi connectivity index (χ1n) is 8.85. The zero-order valence-electron chi connectivity index (χ0n) is 14.6. The summed E-state index contributed by atoms with van der Waals surface area (Å²) in [7, 11) is 0. The maximum Gasteiger partial charge on any atom is 0.160 e. The molecule has 1 aliphatic heterocycles. The zero-order chi connectivity index (χ0) is 16.7. The number of benzene rings is 1. The van der Waals surface area contributed by atoms with Crippen LogP contribution in [0.4, 0.5) is 0 Å². The normalized spacial score (nSPS) is 24.0. The zero-order valence-corrected chi connectivity index (χ0v) is 14.6. The lowest BCUT2D eigenvalue weighted by Crippen LogP contribution is -2.48. The molecule has 0 amide bonds. The van der Waals surface area contributed by atoms with E-state index in [1.54, 1.807) is 0 Å². The topological polar surface area (TPSA) is 41.9 Å². The van der Waals surface area contributed by atoms with E-state index in [4.69, 9.17) is 9.47 Å². The fraction of sp³-hybridized carbons (Fsp3) is 0.684. The van der Waals surface area contributed by atoms with Gasteiger partial charge in [-0.05, 0) is 45.7 Å². The standard InChI is InChI=1S/C19H31NO3/c1-4-22-19(23-5-2)17-11-12-20(18(13-17)14-21)15(3)16-9-7-6-8-10-16/h6-10,15,17-19,21H,4-5,11-14H2,1-3H3/t15-,17?,18+/m0/s1.